The second kappa shape index (κ2) is 13.1. The Morgan fingerprint density at radius 2 is 1.89 bits per heavy atom. The lowest BCUT2D eigenvalue weighted by molar-refractivity contribution is -0.154. The summed E-state index contributed by atoms with van der Waals surface area (Å²) in [6, 6.07) is 0. The summed E-state index contributed by atoms with van der Waals surface area (Å²) < 4.78 is 5.64. The first-order chi connectivity index (χ1) is 16.2. The zero-order chi connectivity index (χ0) is 26.5. The molecule has 198 valence electrons. The smallest absolute Gasteiger partial charge is 0.309 e. The van der Waals surface area contributed by atoms with E-state index in [2.05, 4.69) is 27.6 Å². The van der Waals surface area contributed by atoms with Crippen molar-refractivity contribution in [3.8, 4) is 0 Å². The number of halogens is 1. The third-order valence-electron chi connectivity index (χ3n) is 7.15. The van der Waals surface area contributed by atoms with Crippen LogP contribution >= 0.6 is 33.9 Å². The highest BCUT2D eigenvalue weighted by Gasteiger charge is 2.42. The molecule has 1 aliphatic heterocycles. The van der Waals surface area contributed by atoms with Gasteiger partial charge in [-0.15, -0.1) is 11.3 Å². The number of thiazole rings is 1. The molecular formula is C26H40INO6S. The molecule has 2 unspecified atom stereocenters. The second-order valence-corrected chi connectivity index (χ2v) is 13.1. The summed E-state index contributed by atoms with van der Waals surface area (Å²) in [5.74, 6) is -1.74. The van der Waals surface area contributed by atoms with E-state index in [1.165, 1.54) is 11.3 Å². The predicted molar refractivity (Wildman–Crippen MR) is 146 cm³/mol. The highest BCUT2D eigenvalue weighted by molar-refractivity contribution is 14.1. The molecule has 7 atom stereocenters. The molecule has 0 amide bonds. The molecule has 1 aromatic heterocycles. The van der Waals surface area contributed by atoms with E-state index in [1.54, 1.807) is 20.8 Å². The van der Waals surface area contributed by atoms with Crippen LogP contribution in [0.4, 0.5) is 0 Å². The summed E-state index contributed by atoms with van der Waals surface area (Å²) in [4.78, 5) is 30.5. The highest BCUT2D eigenvalue weighted by atomic mass is 127. The maximum atomic E-state index is 13.2. The maximum absolute atomic E-state index is 13.2. The Kier molecular flexibility index (Phi) is 11.3. The molecule has 35 heavy (non-hydrogen) atoms. The van der Waals surface area contributed by atoms with E-state index in [0.717, 1.165) is 16.3 Å². The lowest BCUT2D eigenvalue weighted by Crippen LogP contribution is -2.45. The first-order valence-corrected chi connectivity index (χ1v) is 14.4. The number of aromatic nitrogens is 1. The van der Waals surface area contributed by atoms with Crippen LogP contribution in [0.2, 0.25) is 0 Å². The van der Waals surface area contributed by atoms with Gasteiger partial charge in [0.05, 0.1) is 40.8 Å². The molecular weight excluding hydrogens is 581 g/mol. The van der Waals surface area contributed by atoms with Gasteiger partial charge < -0.3 is 20.1 Å². The SMILES string of the molecule is CC(=Cc1csc(C)n1)C1C[C@@H](I)[C@H](O)CCCC(C)[C@H](O)[C@@H](C)C(=O)C(C)(C)[C@@H](O)CC(=O)O1. The minimum atomic E-state index is -1.26. The number of alkyl halides is 1. The average Bonchev–Trinajstić information content (AvgIpc) is 3.20. The van der Waals surface area contributed by atoms with E-state index in [1.807, 2.05) is 32.2 Å². The number of cyclic esters (lactones) is 1. The van der Waals surface area contributed by atoms with E-state index < -0.39 is 41.7 Å². The number of aryl methyl sites for hydroxylation is 1. The predicted octanol–water partition coefficient (Wildman–Crippen LogP) is 4.48. The molecule has 1 aliphatic rings. The zero-order valence-corrected chi connectivity index (χ0v) is 24.5. The fourth-order valence-corrected chi connectivity index (χ4v) is 5.87. The summed E-state index contributed by atoms with van der Waals surface area (Å²) >= 11 is 3.73. The summed E-state index contributed by atoms with van der Waals surface area (Å²) in [7, 11) is 0. The van der Waals surface area contributed by atoms with Crippen LogP contribution < -0.4 is 0 Å². The Morgan fingerprint density at radius 3 is 2.49 bits per heavy atom. The first kappa shape index (κ1) is 30.3. The first-order valence-electron chi connectivity index (χ1n) is 12.3. The lowest BCUT2D eigenvalue weighted by Gasteiger charge is -2.35. The number of aliphatic hydroxyl groups is 3. The van der Waals surface area contributed by atoms with Crippen LogP contribution in [0.25, 0.3) is 6.08 Å². The van der Waals surface area contributed by atoms with Crippen LogP contribution in [-0.4, -0.2) is 60.4 Å². The van der Waals surface area contributed by atoms with Crippen molar-refractivity contribution in [3.05, 3.63) is 21.7 Å². The molecule has 1 fully saturated rings. The molecule has 0 aromatic carbocycles. The maximum Gasteiger partial charge on any atom is 0.309 e. The number of aliphatic hydroxyl groups excluding tert-OH is 3. The van der Waals surface area contributed by atoms with Crippen LogP contribution in [0.5, 0.6) is 0 Å². The Morgan fingerprint density at radius 1 is 1.23 bits per heavy atom. The van der Waals surface area contributed by atoms with Gasteiger partial charge in [-0.2, -0.15) is 0 Å². The zero-order valence-electron chi connectivity index (χ0n) is 21.5. The highest BCUT2D eigenvalue weighted by Crippen LogP contribution is 2.33. The standard InChI is InChI=1S/C26H40INO6S/c1-14-8-7-9-20(29)19(27)11-21(15(2)10-18-13-35-17(4)28-18)34-23(31)12-22(30)26(5,6)25(33)16(3)24(14)32/h10,13-14,16,19-22,24,29-30,32H,7-9,11-12H2,1-6H3/t14?,16-,19-,20-,21?,22+,24+/m1/s1. The van der Waals surface area contributed by atoms with Crippen molar-refractivity contribution in [1.29, 1.82) is 0 Å². The number of carbonyl (C=O) groups excluding carboxylic acids is 2. The molecule has 1 saturated heterocycles. The molecule has 3 N–H and O–H groups in total. The van der Waals surface area contributed by atoms with E-state index in [9.17, 15) is 24.9 Å². The number of hydrogen-bond donors (Lipinski definition) is 3. The van der Waals surface area contributed by atoms with Crippen molar-refractivity contribution in [3.63, 3.8) is 0 Å². The number of hydrogen-bond acceptors (Lipinski definition) is 8. The number of esters is 1. The van der Waals surface area contributed by atoms with Gasteiger partial charge in [-0.1, -0.05) is 56.7 Å². The number of ether oxygens (including phenoxy) is 1. The monoisotopic (exact) mass is 621 g/mol. The Labute approximate surface area is 226 Å². The third-order valence-corrected chi connectivity index (χ3v) is 9.28. The van der Waals surface area contributed by atoms with E-state index in [4.69, 9.17) is 4.74 Å². The van der Waals surface area contributed by atoms with Crippen molar-refractivity contribution < 1.29 is 29.6 Å². The van der Waals surface area contributed by atoms with Crippen LogP contribution in [0.15, 0.2) is 11.0 Å². The molecule has 2 heterocycles. The van der Waals surface area contributed by atoms with Crippen molar-refractivity contribution in [2.24, 2.45) is 17.3 Å². The fraction of sp³-hybridized carbons (Fsp3) is 0.731. The summed E-state index contributed by atoms with van der Waals surface area (Å²) in [6.07, 6.45) is 0.534. The summed E-state index contributed by atoms with van der Waals surface area (Å²) in [5.41, 5.74) is 0.359. The van der Waals surface area contributed by atoms with Gasteiger partial charge in [-0.05, 0) is 44.3 Å². The fourth-order valence-electron chi connectivity index (χ4n) is 4.48. The van der Waals surface area contributed by atoms with Crippen LogP contribution in [0.1, 0.15) is 77.4 Å². The number of ketones is 1. The topological polar surface area (TPSA) is 117 Å². The van der Waals surface area contributed by atoms with E-state index in [-0.39, 0.29) is 22.0 Å². The van der Waals surface area contributed by atoms with Crippen molar-refractivity contribution in [2.75, 3.05) is 0 Å². The second-order valence-electron chi connectivity index (χ2n) is 10.5. The number of rotatable bonds is 2. The Bertz CT molecular complexity index is 900. The van der Waals surface area contributed by atoms with E-state index in [0.29, 0.717) is 25.7 Å². The van der Waals surface area contributed by atoms with Crippen molar-refractivity contribution in [2.45, 2.75) is 102 Å². The summed E-state index contributed by atoms with van der Waals surface area (Å²) in [5, 5.41) is 35.2. The molecule has 0 aliphatic carbocycles. The lowest BCUT2D eigenvalue weighted by atomic mass is 9.73. The molecule has 0 radical (unpaired) electrons. The van der Waals surface area contributed by atoms with Gasteiger partial charge in [-0.3, -0.25) is 9.59 Å². The van der Waals surface area contributed by atoms with Crippen molar-refractivity contribution >= 4 is 51.8 Å². The number of Topliss-reactive ketones (excluding diaryl/α,β-unsaturated/α-hetero) is 1. The van der Waals surface area contributed by atoms with Gasteiger partial charge in [0.2, 0.25) is 0 Å². The van der Waals surface area contributed by atoms with Gasteiger partial charge in [0.15, 0.2) is 0 Å². The number of nitrogens with zero attached hydrogens (tertiary/aromatic N) is 1. The van der Waals surface area contributed by atoms with E-state index >= 15 is 0 Å². The molecule has 7 nitrogen and oxygen atoms in total. The average molecular weight is 622 g/mol. The number of carbonyl (C=O) groups is 2. The van der Waals surface area contributed by atoms with Crippen LogP contribution in [-0.2, 0) is 14.3 Å². The van der Waals surface area contributed by atoms with Gasteiger partial charge >= 0.3 is 5.97 Å². The van der Waals surface area contributed by atoms with Gasteiger partial charge in [-0.25, -0.2) is 4.98 Å². The molecule has 0 bridgehead atoms. The van der Waals surface area contributed by atoms with Gasteiger partial charge in [0.25, 0.3) is 0 Å². The molecule has 1 aromatic rings. The quantitative estimate of drug-likeness (QED) is 0.253. The largest absolute Gasteiger partial charge is 0.458 e. The molecule has 2 rings (SSSR count). The molecule has 0 spiro atoms. The van der Waals surface area contributed by atoms with Crippen LogP contribution in [0, 0.1) is 24.2 Å². The van der Waals surface area contributed by atoms with Crippen molar-refractivity contribution in [1.82, 2.24) is 4.98 Å². The molecule has 9 heteroatoms. The minimum absolute atomic E-state index is 0.140. The normalized spacial score (nSPS) is 34.5. The molecule has 0 saturated carbocycles. The van der Waals surface area contributed by atoms with Gasteiger partial charge in [0, 0.05) is 21.6 Å². The minimum Gasteiger partial charge on any atom is -0.458 e. The summed E-state index contributed by atoms with van der Waals surface area (Å²) in [6.45, 7) is 10.6. The third kappa shape index (κ3) is 8.31. The Balaban J connectivity index is 2.33. The van der Waals surface area contributed by atoms with Gasteiger partial charge in [0.1, 0.15) is 11.9 Å². The van der Waals surface area contributed by atoms with Crippen LogP contribution in [0.3, 0.4) is 0 Å². The Hall–Kier alpha value is -0.880.